The van der Waals surface area contributed by atoms with E-state index in [0.29, 0.717) is 13.1 Å². The number of rotatable bonds is 3. The first-order chi connectivity index (χ1) is 9.19. The highest BCUT2D eigenvalue weighted by Crippen LogP contribution is 2.12. The summed E-state index contributed by atoms with van der Waals surface area (Å²) in [6.07, 6.45) is 0.597. The Hall–Kier alpha value is -0.340. The van der Waals surface area contributed by atoms with Gasteiger partial charge in [-0.15, -0.1) is 24.0 Å². The summed E-state index contributed by atoms with van der Waals surface area (Å²) < 4.78 is 1.08. The molecule has 0 aliphatic carbocycles. The minimum absolute atomic E-state index is 0. The first-order valence-corrected chi connectivity index (χ1v) is 7.44. The molecule has 0 spiro atoms. The van der Waals surface area contributed by atoms with E-state index >= 15 is 0 Å². The van der Waals surface area contributed by atoms with Crippen molar-refractivity contribution >= 4 is 45.9 Å². The monoisotopic (exact) mass is 453 g/mol. The van der Waals surface area contributed by atoms with E-state index in [9.17, 15) is 5.11 Å². The van der Waals surface area contributed by atoms with Crippen LogP contribution in [-0.2, 0) is 6.54 Å². The quantitative estimate of drug-likeness (QED) is 0.420. The minimum Gasteiger partial charge on any atom is -0.391 e. The van der Waals surface area contributed by atoms with E-state index in [4.69, 9.17) is 0 Å². The highest BCUT2D eigenvalue weighted by atomic mass is 127. The molecule has 0 bridgehead atoms. The number of halogens is 2. The highest BCUT2D eigenvalue weighted by molar-refractivity contribution is 14.0. The molecule has 0 aromatic heterocycles. The molecular weight excluding hydrogens is 433 g/mol. The first-order valence-electron chi connectivity index (χ1n) is 6.65. The molecule has 1 aromatic carbocycles. The number of likely N-dealkylation sites (tertiary alicyclic amines) is 1. The second kappa shape index (κ2) is 8.84. The number of hydrogen-bond acceptors (Lipinski definition) is 2. The van der Waals surface area contributed by atoms with Gasteiger partial charge in [-0.25, -0.2) is 4.99 Å². The average molecular weight is 454 g/mol. The molecule has 1 saturated heterocycles. The number of aliphatic hydroxyl groups excluding tert-OH is 1. The van der Waals surface area contributed by atoms with Crippen molar-refractivity contribution in [1.82, 2.24) is 10.2 Å². The Kier molecular flexibility index (Phi) is 7.83. The SMILES string of the molecule is CCNC(=NCc1ccc(Br)cc1)N1CC[C@@H](O)C1.I. The molecule has 1 aliphatic heterocycles. The van der Waals surface area contributed by atoms with Crippen LogP contribution in [0.1, 0.15) is 18.9 Å². The van der Waals surface area contributed by atoms with Crippen molar-refractivity contribution in [1.29, 1.82) is 0 Å². The number of β-amino-alcohol motifs (C(OH)–C–C–N with tert-alkyl or cyclic N) is 1. The molecule has 0 radical (unpaired) electrons. The fourth-order valence-electron chi connectivity index (χ4n) is 2.12. The van der Waals surface area contributed by atoms with Gasteiger partial charge in [-0.05, 0) is 31.0 Å². The third-order valence-corrected chi connectivity index (χ3v) is 3.65. The standard InChI is InChI=1S/C14H20BrN3O.HI/c1-2-16-14(18-8-7-13(19)10-18)17-9-11-3-5-12(15)6-4-11;/h3-6,13,19H,2,7-10H2,1H3,(H,16,17);1H/t13-;/m1./s1. The van der Waals surface area contributed by atoms with E-state index in [2.05, 4.69) is 50.2 Å². The van der Waals surface area contributed by atoms with Crippen LogP contribution < -0.4 is 5.32 Å². The van der Waals surface area contributed by atoms with E-state index in [-0.39, 0.29) is 30.1 Å². The summed E-state index contributed by atoms with van der Waals surface area (Å²) >= 11 is 3.43. The van der Waals surface area contributed by atoms with Gasteiger partial charge in [0.05, 0.1) is 12.6 Å². The van der Waals surface area contributed by atoms with E-state index in [1.54, 1.807) is 0 Å². The van der Waals surface area contributed by atoms with Crippen molar-refractivity contribution in [3.05, 3.63) is 34.3 Å². The van der Waals surface area contributed by atoms with Gasteiger partial charge < -0.3 is 15.3 Å². The summed E-state index contributed by atoms with van der Waals surface area (Å²) in [5.41, 5.74) is 1.18. The van der Waals surface area contributed by atoms with Gasteiger partial charge in [0.15, 0.2) is 5.96 Å². The smallest absolute Gasteiger partial charge is 0.194 e. The van der Waals surface area contributed by atoms with Crippen molar-refractivity contribution in [2.45, 2.75) is 26.0 Å². The van der Waals surface area contributed by atoms with Crippen LogP contribution in [0.25, 0.3) is 0 Å². The number of aliphatic imine (C=N–C) groups is 1. The zero-order valence-electron chi connectivity index (χ0n) is 11.6. The number of hydrogen-bond donors (Lipinski definition) is 2. The Morgan fingerprint density at radius 1 is 1.45 bits per heavy atom. The molecule has 1 atom stereocenters. The van der Waals surface area contributed by atoms with Crippen LogP contribution in [0.4, 0.5) is 0 Å². The lowest BCUT2D eigenvalue weighted by Gasteiger charge is -2.20. The highest BCUT2D eigenvalue weighted by Gasteiger charge is 2.22. The zero-order valence-corrected chi connectivity index (χ0v) is 15.5. The molecule has 1 fully saturated rings. The van der Waals surface area contributed by atoms with Gasteiger partial charge in [0.1, 0.15) is 0 Å². The maximum absolute atomic E-state index is 9.60. The van der Waals surface area contributed by atoms with Crippen LogP contribution >= 0.6 is 39.9 Å². The summed E-state index contributed by atoms with van der Waals surface area (Å²) in [6.45, 7) is 5.09. The molecule has 112 valence electrons. The number of nitrogens with zero attached hydrogens (tertiary/aromatic N) is 2. The Morgan fingerprint density at radius 2 is 2.15 bits per heavy atom. The van der Waals surface area contributed by atoms with Crippen LogP contribution in [0.15, 0.2) is 33.7 Å². The molecule has 1 aliphatic rings. The molecule has 2 rings (SSSR count). The molecule has 20 heavy (non-hydrogen) atoms. The maximum atomic E-state index is 9.60. The van der Waals surface area contributed by atoms with Crippen LogP contribution in [-0.4, -0.2) is 41.7 Å². The third-order valence-electron chi connectivity index (χ3n) is 3.12. The lowest BCUT2D eigenvalue weighted by Crippen LogP contribution is -2.40. The summed E-state index contributed by atoms with van der Waals surface area (Å²) in [5.74, 6) is 0.891. The third kappa shape index (κ3) is 5.21. The van der Waals surface area contributed by atoms with Crippen LogP contribution in [0, 0.1) is 0 Å². The second-order valence-corrected chi connectivity index (χ2v) is 5.60. The van der Waals surface area contributed by atoms with Crippen molar-refractivity contribution in [3.63, 3.8) is 0 Å². The summed E-state index contributed by atoms with van der Waals surface area (Å²) in [5, 5.41) is 12.9. The Balaban J connectivity index is 0.00000200. The number of nitrogens with one attached hydrogen (secondary N) is 1. The van der Waals surface area contributed by atoms with Gasteiger partial charge >= 0.3 is 0 Å². The lowest BCUT2D eigenvalue weighted by atomic mass is 10.2. The Morgan fingerprint density at radius 3 is 2.70 bits per heavy atom. The van der Waals surface area contributed by atoms with E-state index < -0.39 is 0 Å². The minimum atomic E-state index is -0.225. The lowest BCUT2D eigenvalue weighted by molar-refractivity contribution is 0.188. The normalized spacial score (nSPS) is 18.9. The van der Waals surface area contributed by atoms with Gasteiger partial charge in [0.2, 0.25) is 0 Å². The maximum Gasteiger partial charge on any atom is 0.194 e. The van der Waals surface area contributed by atoms with Gasteiger partial charge in [-0.1, -0.05) is 28.1 Å². The molecule has 0 saturated carbocycles. The first kappa shape index (κ1) is 17.7. The summed E-state index contributed by atoms with van der Waals surface area (Å²) in [7, 11) is 0. The Labute approximate surface area is 145 Å². The van der Waals surface area contributed by atoms with Gasteiger partial charge in [-0.2, -0.15) is 0 Å². The van der Waals surface area contributed by atoms with E-state index in [1.807, 2.05) is 12.1 Å². The van der Waals surface area contributed by atoms with E-state index in [1.165, 1.54) is 5.56 Å². The Bertz CT molecular complexity index is 439. The number of guanidine groups is 1. The predicted octanol–water partition coefficient (Wildman–Crippen LogP) is 2.60. The van der Waals surface area contributed by atoms with Crippen LogP contribution in [0.2, 0.25) is 0 Å². The van der Waals surface area contributed by atoms with Crippen LogP contribution in [0.5, 0.6) is 0 Å². The fraction of sp³-hybridized carbons (Fsp3) is 0.500. The molecule has 2 N–H and O–H groups in total. The summed E-state index contributed by atoms with van der Waals surface area (Å²) in [4.78, 5) is 6.75. The summed E-state index contributed by atoms with van der Waals surface area (Å²) in [6, 6.07) is 8.18. The van der Waals surface area contributed by atoms with Gasteiger partial charge in [0.25, 0.3) is 0 Å². The van der Waals surface area contributed by atoms with Crippen molar-refractivity contribution in [2.75, 3.05) is 19.6 Å². The van der Waals surface area contributed by atoms with Gasteiger partial charge in [0, 0.05) is 24.1 Å². The topological polar surface area (TPSA) is 47.9 Å². The molecular formula is C14H21BrIN3O. The van der Waals surface area contributed by atoms with Crippen molar-refractivity contribution in [2.24, 2.45) is 4.99 Å². The average Bonchev–Trinajstić information content (AvgIpc) is 2.83. The second-order valence-electron chi connectivity index (χ2n) is 4.69. The molecule has 0 unspecified atom stereocenters. The molecule has 6 heteroatoms. The van der Waals surface area contributed by atoms with Crippen molar-refractivity contribution < 1.29 is 5.11 Å². The molecule has 1 heterocycles. The van der Waals surface area contributed by atoms with Crippen LogP contribution in [0.3, 0.4) is 0 Å². The fourth-order valence-corrected chi connectivity index (χ4v) is 2.38. The van der Waals surface area contributed by atoms with Crippen molar-refractivity contribution in [3.8, 4) is 0 Å². The molecule has 4 nitrogen and oxygen atoms in total. The van der Waals surface area contributed by atoms with Gasteiger partial charge in [-0.3, -0.25) is 0 Å². The van der Waals surface area contributed by atoms with E-state index in [0.717, 1.165) is 29.9 Å². The predicted molar refractivity (Wildman–Crippen MR) is 96.6 cm³/mol. The molecule has 0 amide bonds. The number of benzene rings is 1. The zero-order chi connectivity index (χ0) is 13.7. The number of aliphatic hydroxyl groups is 1. The molecule has 1 aromatic rings. The largest absolute Gasteiger partial charge is 0.391 e.